The third-order valence-corrected chi connectivity index (χ3v) is 4.97. The van der Waals surface area contributed by atoms with Crippen LogP contribution in [0.4, 0.5) is 0 Å². The van der Waals surface area contributed by atoms with Crippen molar-refractivity contribution in [3.8, 4) is 0 Å². The summed E-state index contributed by atoms with van der Waals surface area (Å²) in [6.07, 6.45) is 8.74. The van der Waals surface area contributed by atoms with Gasteiger partial charge in [0.1, 0.15) is 5.76 Å². The summed E-state index contributed by atoms with van der Waals surface area (Å²) >= 11 is 0. The highest BCUT2D eigenvalue weighted by Crippen LogP contribution is 2.29. The Kier molecular flexibility index (Phi) is 5.54. The molecule has 0 unspecified atom stereocenters. The van der Waals surface area contributed by atoms with E-state index in [9.17, 15) is 9.59 Å². The van der Waals surface area contributed by atoms with Gasteiger partial charge in [-0.05, 0) is 12.3 Å². The van der Waals surface area contributed by atoms with Crippen LogP contribution in [-0.4, -0.2) is 41.8 Å². The summed E-state index contributed by atoms with van der Waals surface area (Å²) in [5.74, 6) is 1.42. The van der Waals surface area contributed by atoms with Crippen LogP contribution in [0.1, 0.15) is 50.7 Å². The van der Waals surface area contributed by atoms with Crippen LogP contribution in [0.15, 0.2) is 15.4 Å². The molecule has 1 saturated carbocycles. The van der Waals surface area contributed by atoms with Crippen LogP contribution in [0.25, 0.3) is 0 Å². The number of aryl methyl sites for hydroxylation is 1. The van der Waals surface area contributed by atoms with E-state index in [-0.39, 0.29) is 17.6 Å². The Labute approximate surface area is 136 Å². The van der Waals surface area contributed by atoms with Gasteiger partial charge in [0.15, 0.2) is 0 Å². The molecule has 1 aliphatic carbocycles. The van der Waals surface area contributed by atoms with Gasteiger partial charge in [-0.2, -0.15) is 5.16 Å². The van der Waals surface area contributed by atoms with Crippen molar-refractivity contribution in [2.24, 2.45) is 5.92 Å². The first-order chi connectivity index (χ1) is 11.2. The fraction of sp³-hybridized carbons (Fsp3) is 0.765. The Morgan fingerprint density at radius 2 is 2.13 bits per heavy atom. The Balaban J connectivity index is 1.45. The number of nitrogens with zero attached hydrogens (tertiary/aromatic N) is 1. The second-order valence-electron chi connectivity index (χ2n) is 6.75. The van der Waals surface area contributed by atoms with Gasteiger partial charge >= 0.3 is 0 Å². The Bertz CT molecular complexity index is 559. The van der Waals surface area contributed by atoms with Crippen molar-refractivity contribution in [1.82, 2.24) is 10.1 Å². The van der Waals surface area contributed by atoms with Gasteiger partial charge in [-0.25, -0.2) is 0 Å². The lowest BCUT2D eigenvalue weighted by Gasteiger charge is -2.35. The zero-order chi connectivity index (χ0) is 16.1. The highest BCUT2D eigenvalue weighted by molar-refractivity contribution is 5.76. The minimum absolute atomic E-state index is 0.116. The molecule has 0 bridgehead atoms. The SMILES string of the molecule is O=C(CCc1cc(=O)[nH]o1)N1CCO[C@@H](CC2CCCCC2)C1. The molecule has 3 rings (SSSR count). The molecule has 1 saturated heterocycles. The van der Waals surface area contributed by atoms with Gasteiger partial charge in [0.25, 0.3) is 5.56 Å². The minimum Gasteiger partial charge on any atom is -0.384 e. The number of carbonyl (C=O) groups is 1. The van der Waals surface area contributed by atoms with Crippen molar-refractivity contribution in [3.05, 3.63) is 22.2 Å². The molecular formula is C17H26N2O4. The minimum atomic E-state index is -0.258. The molecule has 1 amide bonds. The van der Waals surface area contributed by atoms with Gasteiger partial charge in [0, 0.05) is 32.0 Å². The Morgan fingerprint density at radius 1 is 1.30 bits per heavy atom. The van der Waals surface area contributed by atoms with Crippen molar-refractivity contribution in [3.63, 3.8) is 0 Å². The summed E-state index contributed by atoms with van der Waals surface area (Å²) in [6.45, 7) is 1.99. The number of hydrogen-bond acceptors (Lipinski definition) is 4. The average molecular weight is 322 g/mol. The predicted molar refractivity (Wildman–Crippen MR) is 85.2 cm³/mol. The van der Waals surface area contributed by atoms with E-state index in [0.717, 1.165) is 12.3 Å². The molecule has 2 fully saturated rings. The van der Waals surface area contributed by atoms with Crippen LogP contribution < -0.4 is 5.56 Å². The summed E-state index contributed by atoms with van der Waals surface area (Å²) in [5.41, 5.74) is -0.258. The smallest absolute Gasteiger partial charge is 0.280 e. The molecule has 2 heterocycles. The average Bonchev–Trinajstić information content (AvgIpc) is 2.99. The van der Waals surface area contributed by atoms with Crippen LogP contribution in [0.5, 0.6) is 0 Å². The van der Waals surface area contributed by atoms with E-state index < -0.39 is 0 Å². The van der Waals surface area contributed by atoms with E-state index in [1.807, 2.05) is 4.90 Å². The molecule has 0 aromatic carbocycles. The zero-order valence-electron chi connectivity index (χ0n) is 13.6. The standard InChI is InChI=1S/C17H26N2O4/c20-16-11-14(23-18-16)6-7-17(21)19-8-9-22-15(12-19)10-13-4-2-1-3-5-13/h11,13,15H,1-10,12H2,(H,18,20)/t15-/m0/s1. The molecular weight excluding hydrogens is 296 g/mol. The summed E-state index contributed by atoms with van der Waals surface area (Å²) in [4.78, 5) is 25.3. The summed E-state index contributed by atoms with van der Waals surface area (Å²) in [5, 5.41) is 2.25. The van der Waals surface area contributed by atoms with Crippen molar-refractivity contribution < 1.29 is 14.1 Å². The second-order valence-corrected chi connectivity index (χ2v) is 6.75. The second kappa shape index (κ2) is 7.81. The number of H-pyrrole nitrogens is 1. The largest absolute Gasteiger partial charge is 0.384 e. The molecule has 1 aliphatic heterocycles. The van der Waals surface area contributed by atoms with Gasteiger partial charge in [0.2, 0.25) is 5.91 Å². The number of nitrogens with one attached hydrogen (secondary N) is 1. The lowest BCUT2D eigenvalue weighted by atomic mass is 9.85. The molecule has 0 spiro atoms. The molecule has 6 nitrogen and oxygen atoms in total. The monoisotopic (exact) mass is 322 g/mol. The molecule has 6 heteroatoms. The van der Waals surface area contributed by atoms with Gasteiger partial charge in [-0.3, -0.25) is 9.59 Å². The van der Waals surface area contributed by atoms with E-state index in [4.69, 9.17) is 9.26 Å². The first-order valence-electron chi connectivity index (χ1n) is 8.77. The number of aromatic nitrogens is 1. The van der Waals surface area contributed by atoms with E-state index in [1.165, 1.54) is 38.2 Å². The number of carbonyl (C=O) groups excluding carboxylic acids is 1. The van der Waals surface area contributed by atoms with Crippen molar-refractivity contribution in [1.29, 1.82) is 0 Å². The van der Waals surface area contributed by atoms with E-state index in [2.05, 4.69) is 5.16 Å². The summed E-state index contributed by atoms with van der Waals surface area (Å²) in [7, 11) is 0. The van der Waals surface area contributed by atoms with Crippen LogP contribution >= 0.6 is 0 Å². The van der Waals surface area contributed by atoms with E-state index >= 15 is 0 Å². The van der Waals surface area contributed by atoms with Crippen molar-refractivity contribution in [2.75, 3.05) is 19.7 Å². The van der Waals surface area contributed by atoms with Gasteiger partial charge in [-0.1, -0.05) is 32.1 Å². The highest BCUT2D eigenvalue weighted by atomic mass is 16.5. The van der Waals surface area contributed by atoms with E-state index in [0.29, 0.717) is 38.3 Å². The number of rotatable bonds is 5. The fourth-order valence-electron chi connectivity index (χ4n) is 3.72. The molecule has 1 atom stereocenters. The van der Waals surface area contributed by atoms with Crippen LogP contribution in [-0.2, 0) is 16.0 Å². The molecule has 1 aromatic heterocycles. The molecule has 1 N–H and O–H groups in total. The molecule has 2 aliphatic rings. The molecule has 23 heavy (non-hydrogen) atoms. The molecule has 128 valence electrons. The van der Waals surface area contributed by atoms with Crippen molar-refractivity contribution >= 4 is 5.91 Å². The zero-order valence-corrected chi connectivity index (χ0v) is 13.6. The highest BCUT2D eigenvalue weighted by Gasteiger charge is 2.27. The number of morpholine rings is 1. The predicted octanol–water partition coefficient (Wildman–Crippen LogP) is 2.10. The van der Waals surface area contributed by atoms with Gasteiger partial charge < -0.3 is 14.2 Å². The first kappa shape index (κ1) is 16.3. The topological polar surface area (TPSA) is 75.5 Å². The lowest BCUT2D eigenvalue weighted by molar-refractivity contribution is -0.139. The normalized spacial score (nSPS) is 23.1. The van der Waals surface area contributed by atoms with Crippen LogP contribution in [0.3, 0.4) is 0 Å². The van der Waals surface area contributed by atoms with E-state index in [1.54, 1.807) is 0 Å². The quantitative estimate of drug-likeness (QED) is 0.901. The fourth-order valence-corrected chi connectivity index (χ4v) is 3.72. The Morgan fingerprint density at radius 3 is 2.87 bits per heavy atom. The number of hydrogen-bond donors (Lipinski definition) is 1. The number of ether oxygens (including phenoxy) is 1. The third kappa shape index (κ3) is 4.70. The maximum Gasteiger partial charge on any atom is 0.280 e. The maximum atomic E-state index is 12.4. The maximum absolute atomic E-state index is 12.4. The van der Waals surface area contributed by atoms with Gasteiger partial charge in [0.05, 0.1) is 12.7 Å². The first-order valence-corrected chi connectivity index (χ1v) is 8.77. The number of amides is 1. The van der Waals surface area contributed by atoms with Crippen molar-refractivity contribution in [2.45, 2.75) is 57.5 Å². The summed E-state index contributed by atoms with van der Waals surface area (Å²) in [6, 6.07) is 1.40. The molecule has 1 aromatic rings. The Hall–Kier alpha value is -1.56. The summed E-state index contributed by atoms with van der Waals surface area (Å²) < 4.78 is 10.9. The number of aromatic amines is 1. The van der Waals surface area contributed by atoms with Gasteiger partial charge in [-0.15, -0.1) is 0 Å². The van der Waals surface area contributed by atoms with Crippen LogP contribution in [0, 0.1) is 5.92 Å². The molecule has 0 radical (unpaired) electrons. The third-order valence-electron chi connectivity index (χ3n) is 4.97. The van der Waals surface area contributed by atoms with Crippen LogP contribution in [0.2, 0.25) is 0 Å². The lowest BCUT2D eigenvalue weighted by Crippen LogP contribution is -2.46.